The summed E-state index contributed by atoms with van der Waals surface area (Å²) in [7, 11) is 0. The summed E-state index contributed by atoms with van der Waals surface area (Å²) in [5, 5.41) is 24.3. The van der Waals surface area contributed by atoms with Crippen LogP contribution in [0.1, 0.15) is 49.3 Å². The second-order valence-corrected chi connectivity index (χ2v) is 10.1. The van der Waals surface area contributed by atoms with E-state index in [-0.39, 0.29) is 17.7 Å². The van der Waals surface area contributed by atoms with Crippen molar-refractivity contribution in [1.82, 2.24) is 10.2 Å². The molecule has 2 aliphatic heterocycles. The number of carbonyl (C=O) groups is 3. The van der Waals surface area contributed by atoms with Gasteiger partial charge >= 0.3 is 5.97 Å². The van der Waals surface area contributed by atoms with Gasteiger partial charge in [-0.25, -0.2) is 4.79 Å². The van der Waals surface area contributed by atoms with Crippen molar-refractivity contribution in [3.05, 3.63) is 64.1 Å². The maximum absolute atomic E-state index is 13.8. The zero-order valence-corrected chi connectivity index (χ0v) is 19.5. The fourth-order valence-electron chi connectivity index (χ4n) is 5.96. The molecule has 1 aliphatic carbocycles. The zero-order chi connectivity index (χ0) is 23.3. The third kappa shape index (κ3) is 3.30. The highest BCUT2D eigenvalue weighted by Crippen LogP contribution is 2.55. The molecule has 2 aromatic rings. The van der Waals surface area contributed by atoms with Crippen molar-refractivity contribution in [3.8, 4) is 5.75 Å². The lowest BCUT2D eigenvalue weighted by atomic mass is 9.75. The summed E-state index contributed by atoms with van der Waals surface area (Å²) >= 11 is 3.40. The number of fused-ring (bicyclic) bond motifs is 1. The molecule has 0 spiro atoms. The van der Waals surface area contributed by atoms with Crippen LogP contribution in [-0.2, 0) is 19.9 Å². The number of aliphatic carboxylic acids is 1. The lowest BCUT2D eigenvalue weighted by Gasteiger charge is -2.35. The maximum atomic E-state index is 13.8. The first kappa shape index (κ1) is 22.1. The number of nitrogens with zero attached hydrogens (tertiary/aromatic N) is 1. The van der Waals surface area contributed by atoms with E-state index in [2.05, 4.69) is 21.2 Å². The van der Waals surface area contributed by atoms with Gasteiger partial charge in [-0.05, 0) is 36.6 Å². The number of carboxylic acids is 1. The summed E-state index contributed by atoms with van der Waals surface area (Å²) < 4.78 is 0.682. The van der Waals surface area contributed by atoms with Gasteiger partial charge in [-0.15, -0.1) is 0 Å². The van der Waals surface area contributed by atoms with Crippen molar-refractivity contribution < 1.29 is 24.6 Å². The van der Waals surface area contributed by atoms with Gasteiger partial charge in [-0.3, -0.25) is 19.8 Å². The van der Waals surface area contributed by atoms with E-state index in [4.69, 9.17) is 0 Å². The summed E-state index contributed by atoms with van der Waals surface area (Å²) in [4.78, 5) is 41.9. The van der Waals surface area contributed by atoms with Gasteiger partial charge < -0.3 is 10.2 Å². The second-order valence-electron chi connectivity index (χ2n) is 9.15. The Kier molecular flexibility index (Phi) is 5.53. The number of hydrogen-bond acceptors (Lipinski definition) is 5. The van der Waals surface area contributed by atoms with Gasteiger partial charge in [-0.2, -0.15) is 0 Å². The van der Waals surface area contributed by atoms with Crippen molar-refractivity contribution >= 4 is 33.7 Å². The van der Waals surface area contributed by atoms with Crippen LogP contribution in [0.4, 0.5) is 0 Å². The molecule has 3 fully saturated rings. The number of hydrogen-bond donors (Lipinski definition) is 3. The number of carbonyl (C=O) groups excluding carboxylic acids is 2. The number of aromatic hydroxyl groups is 1. The maximum Gasteiger partial charge on any atom is 0.329 e. The molecule has 2 aromatic carbocycles. The molecule has 3 aliphatic rings. The third-order valence-corrected chi connectivity index (χ3v) is 7.92. The predicted octanol–water partition coefficient (Wildman–Crippen LogP) is 3.71. The Labute approximate surface area is 199 Å². The van der Waals surface area contributed by atoms with Crippen molar-refractivity contribution in [1.29, 1.82) is 0 Å². The van der Waals surface area contributed by atoms with Crippen LogP contribution in [0.5, 0.6) is 5.75 Å². The number of halogens is 1. The van der Waals surface area contributed by atoms with Crippen LogP contribution in [0.25, 0.3) is 0 Å². The molecule has 0 radical (unpaired) electrons. The second kappa shape index (κ2) is 8.25. The van der Waals surface area contributed by atoms with Gasteiger partial charge in [0.15, 0.2) is 5.54 Å². The van der Waals surface area contributed by atoms with Gasteiger partial charge in [0.2, 0.25) is 11.8 Å². The van der Waals surface area contributed by atoms with Crippen LogP contribution in [0.3, 0.4) is 0 Å². The molecular weight excluding hydrogens is 488 g/mol. The van der Waals surface area contributed by atoms with Crippen LogP contribution < -0.4 is 5.32 Å². The van der Waals surface area contributed by atoms with Crippen LogP contribution in [0.15, 0.2) is 53.0 Å². The smallest absolute Gasteiger partial charge is 0.329 e. The van der Waals surface area contributed by atoms with Crippen LogP contribution in [0.2, 0.25) is 0 Å². The first-order valence-electron chi connectivity index (χ1n) is 11.3. The Hall–Kier alpha value is -2.71. The predicted molar refractivity (Wildman–Crippen MR) is 123 cm³/mol. The molecule has 3 N–H and O–H groups in total. The highest BCUT2D eigenvalue weighted by atomic mass is 79.9. The molecule has 2 amide bonds. The Bertz CT molecular complexity index is 1120. The number of likely N-dealkylation sites (tertiary alicyclic amines) is 1. The number of imide groups is 1. The molecule has 8 heteroatoms. The van der Waals surface area contributed by atoms with Crippen LogP contribution in [0, 0.1) is 11.8 Å². The van der Waals surface area contributed by atoms with E-state index in [1.807, 2.05) is 0 Å². The number of phenols is 1. The zero-order valence-electron chi connectivity index (χ0n) is 17.9. The summed E-state index contributed by atoms with van der Waals surface area (Å²) in [5.74, 6) is -4.11. The number of rotatable bonds is 4. The molecule has 2 saturated heterocycles. The fourth-order valence-corrected chi connectivity index (χ4v) is 6.34. The highest BCUT2D eigenvalue weighted by molar-refractivity contribution is 9.10. The summed E-state index contributed by atoms with van der Waals surface area (Å²) in [5.41, 5.74) is -0.983. The minimum Gasteiger partial charge on any atom is -0.508 e. The van der Waals surface area contributed by atoms with E-state index in [0.717, 1.165) is 32.1 Å². The largest absolute Gasteiger partial charge is 0.508 e. The van der Waals surface area contributed by atoms with Crippen molar-refractivity contribution in [2.45, 2.75) is 49.7 Å². The molecule has 7 nitrogen and oxygen atoms in total. The van der Waals surface area contributed by atoms with E-state index >= 15 is 0 Å². The van der Waals surface area contributed by atoms with E-state index in [0.29, 0.717) is 15.6 Å². The first-order valence-corrected chi connectivity index (χ1v) is 12.1. The standard InChI is InChI=1S/C25H25BrN2O5/c26-15-11-12-18(29)17(13-15)21-19-20(23(31)28(22(19)30)16-9-5-2-6-10-16)25(27-21,24(32)33)14-7-3-1-4-8-14/h1,3-4,7-8,11-13,16,19-21,27,29H,2,5-6,9-10H2,(H,32,33). The Morgan fingerprint density at radius 2 is 1.73 bits per heavy atom. The Balaban J connectivity index is 1.69. The number of phenolic OH excluding ortho intramolecular Hbond substituents is 1. The molecule has 4 unspecified atom stereocenters. The van der Waals surface area contributed by atoms with Gasteiger partial charge in [0.05, 0.1) is 11.8 Å². The minimum atomic E-state index is -1.79. The molecule has 33 heavy (non-hydrogen) atoms. The minimum absolute atomic E-state index is 0.0555. The van der Waals surface area contributed by atoms with Gasteiger partial charge in [0.25, 0.3) is 0 Å². The monoisotopic (exact) mass is 512 g/mol. The molecule has 0 bridgehead atoms. The average Bonchev–Trinajstić information content (AvgIpc) is 3.31. The van der Waals surface area contributed by atoms with Gasteiger partial charge in [0, 0.05) is 22.1 Å². The van der Waals surface area contributed by atoms with Crippen LogP contribution >= 0.6 is 15.9 Å². The molecule has 5 rings (SSSR count). The lowest BCUT2D eigenvalue weighted by Crippen LogP contribution is -2.54. The van der Waals surface area contributed by atoms with Crippen molar-refractivity contribution in [3.63, 3.8) is 0 Å². The Morgan fingerprint density at radius 1 is 1.03 bits per heavy atom. The number of carboxylic acid groups (broad SMARTS) is 1. The van der Waals surface area contributed by atoms with E-state index in [9.17, 15) is 24.6 Å². The van der Waals surface area contributed by atoms with Gasteiger partial charge in [-0.1, -0.05) is 65.5 Å². The van der Waals surface area contributed by atoms with Crippen molar-refractivity contribution in [2.24, 2.45) is 11.8 Å². The van der Waals surface area contributed by atoms with E-state index in [1.165, 1.54) is 11.0 Å². The molecule has 2 heterocycles. The fraction of sp³-hybridized carbons (Fsp3) is 0.400. The topological polar surface area (TPSA) is 107 Å². The molecule has 4 atom stereocenters. The summed E-state index contributed by atoms with van der Waals surface area (Å²) in [6, 6.07) is 12.4. The Morgan fingerprint density at radius 3 is 2.39 bits per heavy atom. The normalized spacial score (nSPS) is 30.0. The lowest BCUT2D eigenvalue weighted by molar-refractivity contribution is -0.153. The number of benzene rings is 2. The molecule has 0 aromatic heterocycles. The van der Waals surface area contributed by atoms with Gasteiger partial charge in [0.1, 0.15) is 5.75 Å². The highest BCUT2D eigenvalue weighted by Gasteiger charge is 2.70. The van der Waals surface area contributed by atoms with Crippen molar-refractivity contribution in [2.75, 3.05) is 0 Å². The molecule has 172 valence electrons. The summed E-state index contributed by atoms with van der Waals surface area (Å²) in [6.45, 7) is 0. The quantitative estimate of drug-likeness (QED) is 0.539. The van der Waals surface area contributed by atoms with Crippen LogP contribution in [-0.4, -0.2) is 38.9 Å². The summed E-state index contributed by atoms with van der Waals surface area (Å²) in [6.07, 6.45) is 4.42. The van der Waals surface area contributed by atoms with E-state index < -0.39 is 35.3 Å². The molecular formula is C25H25BrN2O5. The van der Waals surface area contributed by atoms with E-state index in [1.54, 1.807) is 42.5 Å². The average molecular weight is 513 g/mol. The number of nitrogens with one attached hydrogen (secondary N) is 1. The number of amides is 2. The molecule has 1 saturated carbocycles. The first-order chi connectivity index (χ1) is 15.9. The SMILES string of the molecule is O=C1C2C(c3cc(Br)ccc3O)NC(C(=O)O)(c3ccccc3)C2C(=O)N1C1CCCCC1. The third-order valence-electron chi connectivity index (χ3n) is 7.42.